The summed E-state index contributed by atoms with van der Waals surface area (Å²) >= 11 is 0. The summed E-state index contributed by atoms with van der Waals surface area (Å²) in [6.45, 7) is 3.54. The van der Waals surface area contributed by atoms with Crippen molar-refractivity contribution in [1.29, 1.82) is 0 Å². The smallest absolute Gasteiger partial charge is 0.411 e. The van der Waals surface area contributed by atoms with Crippen molar-refractivity contribution in [2.75, 3.05) is 39.7 Å². The van der Waals surface area contributed by atoms with Gasteiger partial charge in [0.25, 0.3) is 0 Å². The van der Waals surface area contributed by atoms with Crippen molar-refractivity contribution in [3.05, 3.63) is 23.8 Å². The summed E-state index contributed by atoms with van der Waals surface area (Å²) in [7, 11) is 5.74. The Morgan fingerprint density at radius 2 is 2.05 bits per heavy atom. The van der Waals surface area contributed by atoms with Gasteiger partial charge in [-0.3, -0.25) is 5.32 Å². The van der Waals surface area contributed by atoms with Gasteiger partial charge in [-0.2, -0.15) is 0 Å². The number of nitrogens with one attached hydrogen (secondary N) is 1. The molecule has 0 spiro atoms. The van der Waals surface area contributed by atoms with Crippen molar-refractivity contribution >= 4 is 11.8 Å². The Hall–Kier alpha value is -1.75. The van der Waals surface area contributed by atoms with E-state index in [1.807, 2.05) is 18.2 Å². The quantitative estimate of drug-likeness (QED) is 0.709. The van der Waals surface area contributed by atoms with Gasteiger partial charge in [0.2, 0.25) is 0 Å². The number of carbonyl (C=O) groups excluding carboxylic acids is 1. The molecule has 1 amide bonds. The Balaban J connectivity index is 2.58. The van der Waals surface area contributed by atoms with Crippen LogP contribution in [0.25, 0.3) is 0 Å². The second kappa shape index (κ2) is 10.1. The van der Waals surface area contributed by atoms with Gasteiger partial charge < -0.3 is 14.4 Å². The molecule has 0 unspecified atom stereocenters. The number of carbonyl (C=O) groups is 1. The molecule has 0 atom stereocenters. The molecule has 0 heterocycles. The number of benzene rings is 1. The number of methoxy groups -OCH3 is 1. The molecular formula is C17H28N2O3. The van der Waals surface area contributed by atoms with E-state index in [0.29, 0.717) is 18.0 Å². The van der Waals surface area contributed by atoms with Crippen LogP contribution in [-0.2, 0) is 11.2 Å². The zero-order chi connectivity index (χ0) is 16.4. The molecule has 5 heteroatoms. The average molecular weight is 308 g/mol. The van der Waals surface area contributed by atoms with Crippen LogP contribution >= 0.6 is 0 Å². The third kappa shape index (κ3) is 6.80. The molecule has 1 rings (SSSR count). The van der Waals surface area contributed by atoms with E-state index in [9.17, 15) is 4.79 Å². The van der Waals surface area contributed by atoms with Crippen molar-refractivity contribution in [1.82, 2.24) is 4.90 Å². The monoisotopic (exact) mass is 308 g/mol. The van der Waals surface area contributed by atoms with Gasteiger partial charge >= 0.3 is 6.09 Å². The highest BCUT2D eigenvalue weighted by atomic mass is 16.5. The maximum atomic E-state index is 11.7. The highest BCUT2D eigenvalue weighted by Crippen LogP contribution is 2.26. The second-order valence-electron chi connectivity index (χ2n) is 5.56. The van der Waals surface area contributed by atoms with Crippen LogP contribution in [-0.4, -0.2) is 45.3 Å². The van der Waals surface area contributed by atoms with Crippen LogP contribution < -0.4 is 10.1 Å². The van der Waals surface area contributed by atoms with Crippen molar-refractivity contribution < 1.29 is 14.3 Å². The molecule has 5 nitrogen and oxygen atoms in total. The molecule has 0 fully saturated rings. The van der Waals surface area contributed by atoms with Gasteiger partial charge in [-0.15, -0.1) is 0 Å². The molecule has 0 radical (unpaired) electrons. The molecule has 22 heavy (non-hydrogen) atoms. The van der Waals surface area contributed by atoms with Gasteiger partial charge in [-0.1, -0.05) is 19.4 Å². The van der Waals surface area contributed by atoms with Crippen LogP contribution in [0.2, 0.25) is 0 Å². The van der Waals surface area contributed by atoms with E-state index < -0.39 is 6.09 Å². The molecule has 0 bridgehead atoms. The van der Waals surface area contributed by atoms with Crippen molar-refractivity contribution in [3.8, 4) is 5.75 Å². The number of amides is 1. The Bertz CT molecular complexity index is 461. The van der Waals surface area contributed by atoms with Crippen molar-refractivity contribution in [2.45, 2.75) is 32.6 Å². The highest BCUT2D eigenvalue weighted by molar-refractivity contribution is 5.86. The molecule has 1 aromatic carbocycles. The van der Waals surface area contributed by atoms with E-state index >= 15 is 0 Å². The normalized spacial score (nSPS) is 10.6. The third-order valence-corrected chi connectivity index (χ3v) is 3.30. The zero-order valence-corrected chi connectivity index (χ0v) is 14.1. The first-order valence-electron chi connectivity index (χ1n) is 7.82. The average Bonchev–Trinajstić information content (AvgIpc) is 2.48. The molecule has 0 aliphatic heterocycles. The Kier molecular flexibility index (Phi) is 8.36. The van der Waals surface area contributed by atoms with E-state index in [1.165, 1.54) is 5.56 Å². The molecular weight excluding hydrogens is 280 g/mol. The van der Waals surface area contributed by atoms with E-state index in [-0.39, 0.29) is 0 Å². The van der Waals surface area contributed by atoms with Crippen LogP contribution in [0.4, 0.5) is 10.5 Å². The first-order chi connectivity index (χ1) is 10.6. The first-order valence-corrected chi connectivity index (χ1v) is 7.82. The lowest BCUT2D eigenvalue weighted by atomic mass is 10.1. The van der Waals surface area contributed by atoms with Gasteiger partial charge in [0.15, 0.2) is 0 Å². The number of ether oxygens (including phenoxy) is 2. The number of aryl methyl sites for hydroxylation is 1. The lowest BCUT2D eigenvalue weighted by molar-refractivity contribution is 0.160. The predicted octanol–water partition coefficient (Wildman–Crippen LogP) is 3.54. The SMILES string of the molecule is CCCCOC(=O)Nc1ccc(CCCN(C)C)cc1OC. The molecule has 124 valence electrons. The minimum Gasteiger partial charge on any atom is -0.495 e. The van der Waals surface area contributed by atoms with E-state index in [2.05, 4.69) is 31.2 Å². The molecule has 0 saturated heterocycles. The fourth-order valence-electron chi connectivity index (χ4n) is 2.05. The van der Waals surface area contributed by atoms with Gasteiger partial charge in [0, 0.05) is 0 Å². The number of unbranched alkanes of at least 4 members (excludes halogenated alkanes) is 1. The maximum Gasteiger partial charge on any atom is 0.411 e. The Morgan fingerprint density at radius 3 is 2.68 bits per heavy atom. The summed E-state index contributed by atoms with van der Waals surface area (Å²) in [4.78, 5) is 13.9. The highest BCUT2D eigenvalue weighted by Gasteiger charge is 2.09. The summed E-state index contributed by atoms with van der Waals surface area (Å²) in [6.07, 6.45) is 3.50. The van der Waals surface area contributed by atoms with E-state index in [0.717, 1.165) is 32.2 Å². The lowest BCUT2D eigenvalue weighted by Gasteiger charge is -2.13. The van der Waals surface area contributed by atoms with Crippen LogP contribution in [0.5, 0.6) is 5.75 Å². The Morgan fingerprint density at radius 1 is 1.27 bits per heavy atom. The summed E-state index contributed by atoms with van der Waals surface area (Å²) in [5.74, 6) is 0.662. The van der Waals surface area contributed by atoms with Gasteiger partial charge in [0.05, 0.1) is 19.4 Å². The number of rotatable bonds is 9. The second-order valence-corrected chi connectivity index (χ2v) is 5.56. The zero-order valence-electron chi connectivity index (χ0n) is 14.1. The van der Waals surface area contributed by atoms with Crippen LogP contribution in [0.3, 0.4) is 0 Å². The molecule has 0 aromatic heterocycles. The number of hydrogen-bond acceptors (Lipinski definition) is 4. The van der Waals surface area contributed by atoms with Crippen molar-refractivity contribution in [2.24, 2.45) is 0 Å². The van der Waals surface area contributed by atoms with Crippen LogP contribution in [0, 0.1) is 0 Å². The first kappa shape index (κ1) is 18.3. The number of anilines is 1. The minimum absolute atomic E-state index is 0.438. The largest absolute Gasteiger partial charge is 0.495 e. The lowest BCUT2D eigenvalue weighted by Crippen LogP contribution is -2.15. The van der Waals surface area contributed by atoms with Gasteiger partial charge in [-0.25, -0.2) is 4.79 Å². The third-order valence-electron chi connectivity index (χ3n) is 3.30. The van der Waals surface area contributed by atoms with Crippen molar-refractivity contribution in [3.63, 3.8) is 0 Å². The molecule has 0 aliphatic carbocycles. The van der Waals surface area contributed by atoms with E-state index in [1.54, 1.807) is 7.11 Å². The predicted molar refractivity (Wildman–Crippen MR) is 89.7 cm³/mol. The van der Waals surface area contributed by atoms with Crippen LogP contribution in [0.1, 0.15) is 31.7 Å². The van der Waals surface area contributed by atoms with Gasteiger partial charge in [-0.05, 0) is 57.6 Å². The minimum atomic E-state index is -0.438. The summed E-state index contributed by atoms with van der Waals surface area (Å²) in [6, 6.07) is 5.85. The summed E-state index contributed by atoms with van der Waals surface area (Å²) in [5, 5.41) is 2.73. The summed E-state index contributed by atoms with van der Waals surface area (Å²) < 4.78 is 10.5. The van der Waals surface area contributed by atoms with Crippen LogP contribution in [0.15, 0.2) is 18.2 Å². The topological polar surface area (TPSA) is 50.8 Å². The summed E-state index contributed by atoms with van der Waals surface area (Å²) in [5.41, 5.74) is 1.84. The number of hydrogen-bond donors (Lipinski definition) is 1. The molecule has 0 saturated carbocycles. The molecule has 1 aromatic rings. The molecule has 1 N–H and O–H groups in total. The molecule has 0 aliphatic rings. The Labute approximate surface area is 133 Å². The van der Waals surface area contributed by atoms with E-state index in [4.69, 9.17) is 9.47 Å². The standard InChI is InChI=1S/C17H28N2O3/c1-5-6-12-22-17(20)18-15-10-9-14(13-16(15)21-4)8-7-11-19(2)3/h9-10,13H,5-8,11-12H2,1-4H3,(H,18,20). The fraction of sp³-hybridized carbons (Fsp3) is 0.588. The fourth-order valence-corrected chi connectivity index (χ4v) is 2.05. The van der Waals surface area contributed by atoms with Gasteiger partial charge in [0.1, 0.15) is 5.75 Å². The number of nitrogens with zero attached hydrogens (tertiary/aromatic N) is 1. The maximum absolute atomic E-state index is 11.7.